The van der Waals surface area contributed by atoms with Crippen molar-refractivity contribution in [2.24, 2.45) is 11.8 Å². The molecule has 0 aromatic carbocycles. The smallest absolute Gasteiger partial charge is 0.0683 e. The van der Waals surface area contributed by atoms with E-state index in [4.69, 9.17) is 10.6 Å². The van der Waals surface area contributed by atoms with Gasteiger partial charge in [-0.25, -0.2) is 0 Å². The summed E-state index contributed by atoms with van der Waals surface area (Å²) < 4.78 is 5.37. The first-order valence-corrected chi connectivity index (χ1v) is 5.28. The van der Waals surface area contributed by atoms with Crippen LogP contribution in [-0.2, 0) is 4.74 Å². The molecule has 4 heteroatoms. The molecule has 2 heterocycles. The molecule has 82 valence electrons. The molecule has 2 rings (SSSR count). The van der Waals surface area contributed by atoms with Crippen molar-refractivity contribution in [2.45, 2.75) is 19.4 Å². The summed E-state index contributed by atoms with van der Waals surface area (Å²) in [5, 5.41) is 0. The molecule has 2 atom stereocenters. The quantitative estimate of drug-likeness (QED) is 0.572. The standard InChI is InChI=1S/C11H17N3O/c1-8-3-2-4-10(13-8)11(14-12)9-5-6-15-7-9/h2-4,9,11,14H,5-7,12H2,1H3. The summed E-state index contributed by atoms with van der Waals surface area (Å²) >= 11 is 0. The Labute approximate surface area is 89.8 Å². The number of aryl methyl sites for hydroxylation is 1. The molecule has 15 heavy (non-hydrogen) atoms. The van der Waals surface area contributed by atoms with Crippen molar-refractivity contribution in [1.82, 2.24) is 10.4 Å². The zero-order valence-electron chi connectivity index (χ0n) is 8.94. The first-order valence-electron chi connectivity index (χ1n) is 5.28. The largest absolute Gasteiger partial charge is 0.381 e. The number of hydrogen-bond acceptors (Lipinski definition) is 4. The Morgan fingerprint density at radius 3 is 3.07 bits per heavy atom. The fourth-order valence-electron chi connectivity index (χ4n) is 2.02. The number of rotatable bonds is 3. The predicted molar refractivity (Wildman–Crippen MR) is 58.0 cm³/mol. The fraction of sp³-hybridized carbons (Fsp3) is 0.545. The van der Waals surface area contributed by atoms with Crippen LogP contribution < -0.4 is 11.3 Å². The van der Waals surface area contributed by atoms with Crippen LogP contribution >= 0.6 is 0 Å². The minimum absolute atomic E-state index is 0.104. The van der Waals surface area contributed by atoms with E-state index in [0.29, 0.717) is 5.92 Å². The second-order valence-corrected chi connectivity index (χ2v) is 3.97. The van der Waals surface area contributed by atoms with Gasteiger partial charge in [0.15, 0.2) is 0 Å². The van der Waals surface area contributed by atoms with Crippen LogP contribution in [0.5, 0.6) is 0 Å². The molecule has 1 aromatic rings. The SMILES string of the molecule is Cc1cccc(C(NN)C2CCOC2)n1. The van der Waals surface area contributed by atoms with E-state index in [2.05, 4.69) is 10.4 Å². The topological polar surface area (TPSA) is 60.2 Å². The van der Waals surface area contributed by atoms with E-state index in [0.717, 1.165) is 31.0 Å². The molecule has 0 aliphatic carbocycles. The van der Waals surface area contributed by atoms with Crippen LogP contribution in [0.4, 0.5) is 0 Å². The minimum atomic E-state index is 0.104. The van der Waals surface area contributed by atoms with E-state index >= 15 is 0 Å². The van der Waals surface area contributed by atoms with Gasteiger partial charge in [-0.05, 0) is 25.5 Å². The number of pyridine rings is 1. The second kappa shape index (κ2) is 4.70. The van der Waals surface area contributed by atoms with E-state index in [-0.39, 0.29) is 6.04 Å². The lowest BCUT2D eigenvalue weighted by Gasteiger charge is -2.21. The van der Waals surface area contributed by atoms with Gasteiger partial charge in [-0.1, -0.05) is 6.07 Å². The van der Waals surface area contributed by atoms with Crippen molar-refractivity contribution in [2.75, 3.05) is 13.2 Å². The van der Waals surface area contributed by atoms with Crippen LogP contribution in [-0.4, -0.2) is 18.2 Å². The van der Waals surface area contributed by atoms with Crippen LogP contribution in [0, 0.1) is 12.8 Å². The van der Waals surface area contributed by atoms with Crippen molar-refractivity contribution in [1.29, 1.82) is 0 Å². The molecule has 0 amide bonds. The van der Waals surface area contributed by atoms with Crippen molar-refractivity contribution in [3.05, 3.63) is 29.6 Å². The Kier molecular flexibility index (Phi) is 3.30. The molecular weight excluding hydrogens is 190 g/mol. The van der Waals surface area contributed by atoms with Crippen LogP contribution in [0.1, 0.15) is 23.9 Å². The lowest BCUT2D eigenvalue weighted by molar-refractivity contribution is 0.176. The molecule has 1 saturated heterocycles. The summed E-state index contributed by atoms with van der Waals surface area (Å²) in [6.07, 6.45) is 1.05. The zero-order chi connectivity index (χ0) is 10.7. The van der Waals surface area contributed by atoms with Crippen molar-refractivity contribution < 1.29 is 4.74 Å². The summed E-state index contributed by atoms with van der Waals surface area (Å²) in [4.78, 5) is 4.49. The van der Waals surface area contributed by atoms with E-state index in [1.54, 1.807) is 0 Å². The molecule has 0 bridgehead atoms. The number of nitrogens with zero attached hydrogens (tertiary/aromatic N) is 1. The van der Waals surface area contributed by atoms with Gasteiger partial charge in [-0.2, -0.15) is 0 Å². The highest BCUT2D eigenvalue weighted by atomic mass is 16.5. The minimum Gasteiger partial charge on any atom is -0.381 e. The maximum Gasteiger partial charge on any atom is 0.0683 e. The number of hydrazine groups is 1. The molecule has 3 N–H and O–H groups in total. The lowest BCUT2D eigenvalue weighted by atomic mass is 9.96. The van der Waals surface area contributed by atoms with E-state index < -0.39 is 0 Å². The van der Waals surface area contributed by atoms with Gasteiger partial charge in [-0.3, -0.25) is 16.3 Å². The third-order valence-corrected chi connectivity index (χ3v) is 2.84. The van der Waals surface area contributed by atoms with Crippen LogP contribution in [0.2, 0.25) is 0 Å². The van der Waals surface area contributed by atoms with Gasteiger partial charge in [-0.15, -0.1) is 0 Å². The number of ether oxygens (including phenoxy) is 1. The molecule has 1 aromatic heterocycles. The maximum atomic E-state index is 5.59. The Bertz CT molecular complexity index is 323. The Morgan fingerprint density at radius 2 is 2.47 bits per heavy atom. The fourth-order valence-corrected chi connectivity index (χ4v) is 2.02. The number of nitrogens with one attached hydrogen (secondary N) is 1. The maximum absolute atomic E-state index is 5.59. The van der Waals surface area contributed by atoms with Crippen LogP contribution in [0.15, 0.2) is 18.2 Å². The van der Waals surface area contributed by atoms with Crippen molar-refractivity contribution in [3.8, 4) is 0 Å². The van der Waals surface area contributed by atoms with Gasteiger partial charge in [0.1, 0.15) is 0 Å². The number of hydrogen-bond donors (Lipinski definition) is 2. The Morgan fingerprint density at radius 1 is 1.60 bits per heavy atom. The molecule has 2 unspecified atom stereocenters. The third-order valence-electron chi connectivity index (χ3n) is 2.84. The predicted octanol–water partition coefficient (Wildman–Crippen LogP) is 0.931. The van der Waals surface area contributed by atoms with Crippen molar-refractivity contribution >= 4 is 0 Å². The molecule has 1 fully saturated rings. The van der Waals surface area contributed by atoms with Gasteiger partial charge >= 0.3 is 0 Å². The van der Waals surface area contributed by atoms with Gasteiger partial charge < -0.3 is 4.74 Å². The highest BCUT2D eigenvalue weighted by Crippen LogP contribution is 2.26. The summed E-state index contributed by atoms with van der Waals surface area (Å²) in [6, 6.07) is 6.11. The highest BCUT2D eigenvalue weighted by molar-refractivity contribution is 5.14. The molecule has 0 spiro atoms. The summed E-state index contributed by atoms with van der Waals surface area (Å²) in [5.41, 5.74) is 4.87. The van der Waals surface area contributed by atoms with Crippen LogP contribution in [0.25, 0.3) is 0 Å². The monoisotopic (exact) mass is 207 g/mol. The molecule has 4 nitrogen and oxygen atoms in total. The first kappa shape index (κ1) is 10.5. The van der Waals surface area contributed by atoms with Gasteiger partial charge in [0.25, 0.3) is 0 Å². The van der Waals surface area contributed by atoms with Crippen molar-refractivity contribution in [3.63, 3.8) is 0 Å². The Balaban J connectivity index is 2.18. The van der Waals surface area contributed by atoms with E-state index in [9.17, 15) is 0 Å². The van der Waals surface area contributed by atoms with Gasteiger partial charge in [0.05, 0.1) is 18.3 Å². The average Bonchev–Trinajstić information content (AvgIpc) is 2.72. The number of nitrogens with two attached hydrogens (primary N) is 1. The third kappa shape index (κ3) is 2.34. The highest BCUT2D eigenvalue weighted by Gasteiger charge is 2.26. The van der Waals surface area contributed by atoms with E-state index in [1.165, 1.54) is 0 Å². The summed E-state index contributed by atoms with van der Waals surface area (Å²) in [5.74, 6) is 6.02. The average molecular weight is 207 g/mol. The normalized spacial score (nSPS) is 22.9. The van der Waals surface area contributed by atoms with Gasteiger partial charge in [0.2, 0.25) is 0 Å². The Hall–Kier alpha value is -0.970. The molecular formula is C11H17N3O. The molecule has 1 aliphatic heterocycles. The van der Waals surface area contributed by atoms with Gasteiger partial charge in [0, 0.05) is 18.2 Å². The second-order valence-electron chi connectivity index (χ2n) is 3.97. The zero-order valence-corrected chi connectivity index (χ0v) is 8.94. The first-order chi connectivity index (χ1) is 7.31. The van der Waals surface area contributed by atoms with E-state index in [1.807, 2.05) is 25.1 Å². The molecule has 1 aliphatic rings. The summed E-state index contributed by atoms with van der Waals surface area (Å²) in [6.45, 7) is 3.58. The van der Waals surface area contributed by atoms with Crippen LogP contribution in [0.3, 0.4) is 0 Å². The molecule has 0 radical (unpaired) electrons. The summed E-state index contributed by atoms with van der Waals surface area (Å²) in [7, 11) is 0. The lowest BCUT2D eigenvalue weighted by Crippen LogP contribution is -2.34. The molecule has 0 saturated carbocycles. The number of aromatic nitrogens is 1.